The molecule has 0 spiro atoms. The fourth-order valence-corrected chi connectivity index (χ4v) is 6.89. The van der Waals surface area contributed by atoms with Gasteiger partial charge in [-0.15, -0.1) is 0 Å². The number of halogens is 1. The molecule has 2 heterocycles. The smallest absolute Gasteiger partial charge is 0.239 e. The van der Waals surface area contributed by atoms with Crippen LogP contribution in [-0.2, 0) is 19.6 Å². The van der Waals surface area contributed by atoms with Crippen LogP contribution < -0.4 is 9.62 Å². The van der Waals surface area contributed by atoms with Gasteiger partial charge in [0, 0.05) is 50.1 Å². The van der Waals surface area contributed by atoms with E-state index in [4.69, 9.17) is 0 Å². The Morgan fingerprint density at radius 1 is 0.917 bits per heavy atom. The van der Waals surface area contributed by atoms with E-state index in [9.17, 15) is 32.6 Å². The van der Waals surface area contributed by atoms with Gasteiger partial charge in [0.15, 0.2) is 0 Å². The summed E-state index contributed by atoms with van der Waals surface area (Å²) in [4.78, 5) is 36.5. The molecule has 0 saturated carbocycles. The van der Waals surface area contributed by atoms with Crippen LogP contribution in [0, 0.1) is 5.82 Å². The molecular weight excluding hydrogens is 782 g/mol. The number of aromatic nitrogens is 2. The number of sulfonamides is 1. The Kier molecular flexibility index (Phi) is 21.9. The number of anilines is 1. The molecule has 0 aliphatic carbocycles. The summed E-state index contributed by atoms with van der Waals surface area (Å²) in [5.41, 5.74) is 1.87. The summed E-state index contributed by atoms with van der Waals surface area (Å²) < 4.78 is 39.4. The highest BCUT2D eigenvalue weighted by atomic mass is 32.2. The Bertz CT molecular complexity index is 1930. The lowest BCUT2D eigenvalue weighted by atomic mass is 9.97. The molecular formula is C47H66FN5O6S. The highest BCUT2D eigenvalue weighted by molar-refractivity contribution is 7.92. The van der Waals surface area contributed by atoms with E-state index in [-0.39, 0.29) is 42.6 Å². The van der Waals surface area contributed by atoms with Crippen molar-refractivity contribution in [2.24, 2.45) is 0 Å². The second-order valence-corrected chi connectivity index (χ2v) is 17.4. The number of aliphatic hydroxyl groups excluding tert-OH is 2. The molecule has 2 amide bonds. The first-order chi connectivity index (χ1) is 28.7. The van der Waals surface area contributed by atoms with E-state index in [0.29, 0.717) is 54.9 Å². The van der Waals surface area contributed by atoms with Crippen LogP contribution in [0.3, 0.4) is 0 Å². The summed E-state index contributed by atoms with van der Waals surface area (Å²) in [6, 6.07) is 5.49. The number of unbranched alkanes of at least 4 members (excludes halogenated alkanes) is 1. The third-order valence-corrected chi connectivity index (χ3v) is 11.1. The minimum atomic E-state index is -3.69. The summed E-state index contributed by atoms with van der Waals surface area (Å²) in [7, 11) is -2.34. The van der Waals surface area contributed by atoms with E-state index >= 15 is 0 Å². The lowest BCUT2D eigenvalue weighted by molar-refractivity contribution is -0.132. The van der Waals surface area contributed by atoms with Crippen molar-refractivity contribution in [1.82, 2.24) is 20.2 Å². The zero-order valence-electron chi connectivity index (χ0n) is 36.0. The van der Waals surface area contributed by atoms with Gasteiger partial charge < -0.3 is 20.4 Å². The topological polar surface area (TPSA) is 153 Å². The van der Waals surface area contributed by atoms with Gasteiger partial charge in [-0.25, -0.2) is 27.1 Å². The lowest BCUT2D eigenvalue weighted by Gasteiger charge is -2.32. The molecule has 11 nitrogen and oxygen atoms in total. The summed E-state index contributed by atoms with van der Waals surface area (Å²) in [6.07, 6.45) is 31.4. The molecule has 2 atom stereocenters. The van der Waals surface area contributed by atoms with E-state index in [0.717, 1.165) is 55.5 Å². The Morgan fingerprint density at radius 2 is 1.48 bits per heavy atom. The monoisotopic (exact) mass is 847 g/mol. The summed E-state index contributed by atoms with van der Waals surface area (Å²) >= 11 is 0. The van der Waals surface area contributed by atoms with Gasteiger partial charge in [0.25, 0.3) is 0 Å². The SMILES string of the molecule is CC/C=C\C/C=C\C/C=C\C/C=C\C/C=C\CCCC(=O)N1CCC(NC(=O)CC(O)CC(O)C=Cc2c(-c3ccc(F)cc3)nc(N(C)S(C)(=O)=O)nc2C(C)C)CC1. The number of nitrogens with zero attached hydrogens (tertiary/aromatic N) is 4. The second kappa shape index (κ2) is 26.5. The van der Waals surface area contributed by atoms with Crippen LogP contribution >= 0.6 is 0 Å². The van der Waals surface area contributed by atoms with Crippen LogP contribution in [0.25, 0.3) is 17.3 Å². The number of hydrogen-bond acceptors (Lipinski definition) is 8. The van der Waals surface area contributed by atoms with E-state index < -0.39 is 28.0 Å². The molecule has 13 heteroatoms. The predicted molar refractivity (Wildman–Crippen MR) is 241 cm³/mol. The van der Waals surface area contributed by atoms with Crippen molar-refractivity contribution < 1.29 is 32.6 Å². The molecule has 2 unspecified atom stereocenters. The number of amides is 2. The van der Waals surface area contributed by atoms with Crippen LogP contribution in [0.2, 0.25) is 0 Å². The highest BCUT2D eigenvalue weighted by Gasteiger charge is 2.25. The molecule has 1 aliphatic heterocycles. The van der Waals surface area contributed by atoms with Gasteiger partial charge in [-0.2, -0.15) is 0 Å². The van der Waals surface area contributed by atoms with Crippen molar-refractivity contribution >= 4 is 33.9 Å². The van der Waals surface area contributed by atoms with Gasteiger partial charge in [-0.05, 0) is 88.0 Å². The van der Waals surface area contributed by atoms with Crippen molar-refractivity contribution in [1.29, 1.82) is 0 Å². The number of rotatable bonds is 24. The van der Waals surface area contributed by atoms with Crippen molar-refractivity contribution in [2.75, 3.05) is 30.7 Å². The molecule has 0 radical (unpaired) electrons. The lowest BCUT2D eigenvalue weighted by Crippen LogP contribution is -2.47. The van der Waals surface area contributed by atoms with Crippen LogP contribution in [0.4, 0.5) is 10.3 Å². The largest absolute Gasteiger partial charge is 0.392 e. The van der Waals surface area contributed by atoms with Crippen LogP contribution in [0.1, 0.15) is 115 Å². The van der Waals surface area contributed by atoms with E-state index in [2.05, 4.69) is 83.0 Å². The molecule has 1 aliphatic rings. The number of piperidine rings is 1. The number of allylic oxidation sites excluding steroid dienone is 10. The third kappa shape index (κ3) is 18.3. The molecule has 2 aromatic rings. The molecule has 1 fully saturated rings. The van der Waals surface area contributed by atoms with Crippen molar-refractivity contribution in [3.8, 4) is 11.3 Å². The van der Waals surface area contributed by atoms with Crippen LogP contribution in [0.15, 0.2) is 91.1 Å². The first-order valence-corrected chi connectivity index (χ1v) is 23.0. The Balaban J connectivity index is 1.40. The standard InChI is InChI=1S/C47H66FN5O6S/c1-6-7-8-9-10-11-12-13-14-15-16-17-18-19-20-21-22-23-44(57)53-32-30-39(31-33-53)49-43(56)35-41(55)34-40(54)28-29-42-45(36(2)3)50-47(52(4)60(5,58)59)51-46(42)37-24-26-38(48)27-25-37/h7-8,10-11,13-14,16-17,19-20,24-29,36,39-41,54-55H,6,9,12,15,18,21-23,30-35H2,1-5H3,(H,49,56)/b8-7-,11-10-,14-13-,17-16-,20-19-,29-28?. The van der Waals surface area contributed by atoms with Gasteiger partial charge in [0.2, 0.25) is 27.8 Å². The molecule has 1 aromatic heterocycles. The average Bonchev–Trinajstić information content (AvgIpc) is 3.20. The fraction of sp³-hybridized carbons (Fsp3) is 0.489. The van der Waals surface area contributed by atoms with Crippen LogP contribution in [-0.4, -0.2) is 90.0 Å². The maximum atomic E-state index is 13.8. The quantitative estimate of drug-likeness (QED) is 0.0705. The molecule has 3 N–H and O–H groups in total. The average molecular weight is 848 g/mol. The van der Waals surface area contributed by atoms with E-state index in [1.165, 1.54) is 37.4 Å². The van der Waals surface area contributed by atoms with Crippen molar-refractivity contribution in [2.45, 2.75) is 122 Å². The molecule has 328 valence electrons. The maximum Gasteiger partial charge on any atom is 0.239 e. The first-order valence-electron chi connectivity index (χ1n) is 21.2. The Morgan fingerprint density at radius 3 is 2.03 bits per heavy atom. The third-order valence-electron chi connectivity index (χ3n) is 9.96. The van der Waals surface area contributed by atoms with Crippen molar-refractivity contribution in [3.63, 3.8) is 0 Å². The maximum absolute atomic E-state index is 13.8. The first kappa shape index (κ1) is 49.6. The summed E-state index contributed by atoms with van der Waals surface area (Å²) in [5, 5.41) is 24.5. The van der Waals surface area contributed by atoms with Gasteiger partial charge in [0.1, 0.15) is 5.82 Å². The molecule has 60 heavy (non-hydrogen) atoms. The van der Waals surface area contributed by atoms with Gasteiger partial charge in [0.05, 0.1) is 36.3 Å². The normalized spacial score (nSPS) is 15.5. The summed E-state index contributed by atoms with van der Waals surface area (Å²) in [5.74, 6) is -0.894. The molecule has 3 rings (SSSR count). The zero-order chi connectivity index (χ0) is 43.9. The number of likely N-dealkylation sites (tertiary alicyclic amines) is 1. The van der Waals surface area contributed by atoms with E-state index in [1.807, 2.05) is 18.7 Å². The number of carbonyl (C=O) groups excluding carboxylic acids is 2. The number of benzene rings is 1. The zero-order valence-corrected chi connectivity index (χ0v) is 36.9. The molecule has 0 bridgehead atoms. The van der Waals surface area contributed by atoms with Crippen molar-refractivity contribution in [3.05, 3.63) is 108 Å². The molecule has 1 aromatic carbocycles. The summed E-state index contributed by atoms with van der Waals surface area (Å²) in [6.45, 7) is 7.02. The number of aliphatic hydroxyl groups is 2. The van der Waals surface area contributed by atoms with Crippen LogP contribution in [0.5, 0.6) is 0 Å². The Labute approximate surface area is 357 Å². The minimum absolute atomic E-state index is 0.0509. The van der Waals surface area contributed by atoms with Gasteiger partial charge >= 0.3 is 0 Å². The predicted octanol–water partition coefficient (Wildman–Crippen LogP) is 8.35. The number of carbonyl (C=O) groups is 2. The number of hydrogen-bond donors (Lipinski definition) is 3. The second-order valence-electron chi connectivity index (χ2n) is 15.4. The molecule has 1 saturated heterocycles. The van der Waals surface area contributed by atoms with Gasteiger partial charge in [-0.1, -0.05) is 93.7 Å². The van der Waals surface area contributed by atoms with E-state index in [1.54, 1.807) is 6.08 Å². The number of nitrogens with one attached hydrogen (secondary N) is 1. The fourth-order valence-electron chi connectivity index (χ4n) is 6.52. The van der Waals surface area contributed by atoms with Gasteiger partial charge in [-0.3, -0.25) is 9.59 Å². The Hall–Kier alpha value is -4.72. The highest BCUT2D eigenvalue weighted by Crippen LogP contribution is 2.32. The minimum Gasteiger partial charge on any atom is -0.392 e.